The van der Waals surface area contributed by atoms with Crippen molar-refractivity contribution < 1.29 is 9.59 Å². The van der Waals surface area contributed by atoms with Gasteiger partial charge in [0.05, 0.1) is 11.9 Å². The fourth-order valence-electron chi connectivity index (χ4n) is 3.04. The van der Waals surface area contributed by atoms with E-state index in [1.807, 2.05) is 21.8 Å². The smallest absolute Gasteiger partial charge is 0.246 e. The zero-order valence-electron chi connectivity index (χ0n) is 12.1. The van der Waals surface area contributed by atoms with Crippen LogP contribution in [0.2, 0.25) is 0 Å². The van der Waals surface area contributed by atoms with Crippen molar-refractivity contribution in [3.8, 4) is 0 Å². The second-order valence-corrected chi connectivity index (χ2v) is 6.57. The van der Waals surface area contributed by atoms with E-state index in [0.717, 1.165) is 19.4 Å². The number of piperidine rings is 1. The van der Waals surface area contributed by atoms with Crippen LogP contribution in [0.15, 0.2) is 18.5 Å². The zero-order valence-corrected chi connectivity index (χ0v) is 13.0. The van der Waals surface area contributed by atoms with E-state index < -0.39 is 0 Å². The van der Waals surface area contributed by atoms with Gasteiger partial charge in [-0.3, -0.25) is 14.3 Å². The maximum absolute atomic E-state index is 12.7. The number of amides is 2. The van der Waals surface area contributed by atoms with Crippen LogP contribution < -0.4 is 0 Å². The van der Waals surface area contributed by atoms with Gasteiger partial charge < -0.3 is 9.80 Å². The van der Waals surface area contributed by atoms with Gasteiger partial charge in [-0.2, -0.15) is 5.10 Å². The SMILES string of the molecule is CC(=O)N1CSC[C@@H]1C(=O)N1CCC[C@H](n2cccn2)C1. The fraction of sp³-hybridized carbons (Fsp3) is 0.643. The van der Waals surface area contributed by atoms with Gasteiger partial charge in [-0.25, -0.2) is 0 Å². The number of aromatic nitrogens is 2. The molecule has 2 saturated heterocycles. The van der Waals surface area contributed by atoms with Crippen molar-refractivity contribution >= 4 is 23.6 Å². The summed E-state index contributed by atoms with van der Waals surface area (Å²) in [5.74, 6) is 1.41. The number of carbonyl (C=O) groups excluding carboxylic acids is 2. The Balaban J connectivity index is 1.68. The summed E-state index contributed by atoms with van der Waals surface area (Å²) in [6.45, 7) is 3.01. The highest BCUT2D eigenvalue weighted by molar-refractivity contribution is 7.99. The highest BCUT2D eigenvalue weighted by Crippen LogP contribution is 2.26. The Morgan fingerprint density at radius 3 is 2.95 bits per heavy atom. The first-order valence-corrected chi connectivity index (χ1v) is 8.45. The van der Waals surface area contributed by atoms with Crippen molar-refractivity contribution in [2.24, 2.45) is 0 Å². The van der Waals surface area contributed by atoms with Crippen LogP contribution in [0, 0.1) is 0 Å². The van der Waals surface area contributed by atoms with E-state index >= 15 is 0 Å². The molecule has 3 rings (SSSR count). The molecule has 7 heteroatoms. The minimum Gasteiger partial charge on any atom is -0.339 e. The Labute approximate surface area is 128 Å². The van der Waals surface area contributed by atoms with E-state index in [9.17, 15) is 9.59 Å². The van der Waals surface area contributed by atoms with Crippen molar-refractivity contribution in [3.05, 3.63) is 18.5 Å². The van der Waals surface area contributed by atoms with Crippen LogP contribution in [0.4, 0.5) is 0 Å². The van der Waals surface area contributed by atoms with E-state index in [2.05, 4.69) is 5.10 Å². The maximum atomic E-state index is 12.7. The molecular formula is C14H20N4O2S. The lowest BCUT2D eigenvalue weighted by molar-refractivity contribution is -0.143. The Morgan fingerprint density at radius 2 is 2.24 bits per heavy atom. The zero-order chi connectivity index (χ0) is 14.8. The van der Waals surface area contributed by atoms with Crippen LogP contribution in [0.1, 0.15) is 25.8 Å². The molecule has 0 aliphatic carbocycles. The topological polar surface area (TPSA) is 58.4 Å². The van der Waals surface area contributed by atoms with E-state index in [1.165, 1.54) is 6.92 Å². The molecule has 2 aliphatic heterocycles. The predicted molar refractivity (Wildman–Crippen MR) is 80.7 cm³/mol. The molecule has 0 bridgehead atoms. The maximum Gasteiger partial charge on any atom is 0.246 e. The first-order chi connectivity index (χ1) is 10.2. The first-order valence-electron chi connectivity index (χ1n) is 7.29. The van der Waals surface area contributed by atoms with Crippen LogP contribution in [0.25, 0.3) is 0 Å². The number of nitrogens with zero attached hydrogens (tertiary/aromatic N) is 4. The Bertz CT molecular complexity index is 519. The van der Waals surface area contributed by atoms with Gasteiger partial charge in [0.2, 0.25) is 11.8 Å². The normalized spacial score (nSPS) is 26.1. The summed E-state index contributed by atoms with van der Waals surface area (Å²) in [5.41, 5.74) is 0. The molecule has 2 aliphatic rings. The molecule has 2 atom stereocenters. The number of thioether (sulfide) groups is 1. The van der Waals surface area contributed by atoms with Crippen molar-refractivity contribution in [1.82, 2.24) is 19.6 Å². The molecule has 2 amide bonds. The van der Waals surface area contributed by atoms with Gasteiger partial charge in [-0.1, -0.05) is 0 Å². The lowest BCUT2D eigenvalue weighted by Gasteiger charge is -2.35. The number of hydrogen-bond donors (Lipinski definition) is 0. The molecule has 6 nitrogen and oxygen atoms in total. The number of rotatable bonds is 2. The van der Waals surface area contributed by atoms with Crippen molar-refractivity contribution in [3.63, 3.8) is 0 Å². The summed E-state index contributed by atoms with van der Waals surface area (Å²) >= 11 is 1.65. The fourth-order valence-corrected chi connectivity index (χ4v) is 4.25. The molecule has 0 radical (unpaired) electrons. The molecule has 0 N–H and O–H groups in total. The molecule has 0 saturated carbocycles. The lowest BCUT2D eigenvalue weighted by atomic mass is 10.0. The Morgan fingerprint density at radius 1 is 1.38 bits per heavy atom. The third kappa shape index (κ3) is 2.92. The van der Waals surface area contributed by atoms with E-state index in [0.29, 0.717) is 18.2 Å². The van der Waals surface area contributed by atoms with E-state index in [1.54, 1.807) is 22.9 Å². The molecule has 1 aromatic rings. The Hall–Kier alpha value is -1.50. The third-order valence-corrected chi connectivity index (χ3v) is 5.19. The molecule has 114 valence electrons. The number of hydrogen-bond acceptors (Lipinski definition) is 4. The molecule has 0 spiro atoms. The van der Waals surface area contributed by atoms with E-state index in [-0.39, 0.29) is 23.9 Å². The number of carbonyl (C=O) groups is 2. The van der Waals surface area contributed by atoms with Gasteiger partial charge in [0.1, 0.15) is 6.04 Å². The van der Waals surface area contributed by atoms with Crippen LogP contribution in [-0.4, -0.2) is 62.2 Å². The van der Waals surface area contributed by atoms with Gasteiger partial charge in [0.25, 0.3) is 0 Å². The third-order valence-electron chi connectivity index (χ3n) is 4.18. The average Bonchev–Trinajstić information content (AvgIpc) is 3.17. The lowest BCUT2D eigenvalue weighted by Crippen LogP contribution is -2.51. The second kappa shape index (κ2) is 6.09. The van der Waals surface area contributed by atoms with Crippen molar-refractivity contribution in [2.75, 3.05) is 24.7 Å². The van der Waals surface area contributed by atoms with Crippen LogP contribution in [-0.2, 0) is 9.59 Å². The van der Waals surface area contributed by atoms with Gasteiger partial charge in [-0.05, 0) is 18.9 Å². The number of likely N-dealkylation sites (tertiary alicyclic amines) is 1. The summed E-state index contributed by atoms with van der Waals surface area (Å²) in [6.07, 6.45) is 5.75. The van der Waals surface area contributed by atoms with Gasteiger partial charge in [-0.15, -0.1) is 11.8 Å². The second-order valence-electron chi connectivity index (χ2n) is 5.57. The molecule has 3 heterocycles. The average molecular weight is 308 g/mol. The highest BCUT2D eigenvalue weighted by Gasteiger charge is 2.37. The van der Waals surface area contributed by atoms with Gasteiger partial charge in [0.15, 0.2) is 0 Å². The summed E-state index contributed by atoms with van der Waals surface area (Å²) in [4.78, 5) is 27.9. The van der Waals surface area contributed by atoms with Crippen LogP contribution in [0.5, 0.6) is 0 Å². The predicted octanol–water partition coefficient (Wildman–Crippen LogP) is 0.968. The van der Waals surface area contributed by atoms with Crippen molar-refractivity contribution in [1.29, 1.82) is 0 Å². The monoisotopic (exact) mass is 308 g/mol. The van der Waals surface area contributed by atoms with Crippen LogP contribution in [0.3, 0.4) is 0 Å². The minimum absolute atomic E-state index is 0.0148. The highest BCUT2D eigenvalue weighted by atomic mass is 32.2. The first kappa shape index (κ1) is 14.4. The van der Waals surface area contributed by atoms with Gasteiger partial charge in [0, 0.05) is 38.2 Å². The van der Waals surface area contributed by atoms with Crippen molar-refractivity contribution in [2.45, 2.75) is 31.8 Å². The molecule has 0 unspecified atom stereocenters. The summed E-state index contributed by atoms with van der Waals surface area (Å²) in [5, 5.41) is 4.28. The Kier molecular flexibility index (Phi) is 4.19. The summed E-state index contributed by atoms with van der Waals surface area (Å²) in [6, 6.07) is 1.87. The quantitative estimate of drug-likeness (QED) is 0.817. The minimum atomic E-state index is -0.288. The molecule has 1 aromatic heterocycles. The largest absolute Gasteiger partial charge is 0.339 e. The summed E-state index contributed by atoms with van der Waals surface area (Å²) in [7, 11) is 0. The molecule has 21 heavy (non-hydrogen) atoms. The van der Waals surface area contributed by atoms with Gasteiger partial charge >= 0.3 is 0 Å². The molecular weight excluding hydrogens is 288 g/mol. The molecule has 2 fully saturated rings. The standard InChI is InChI=1S/C14H20N4O2S/c1-11(19)17-10-21-9-13(17)14(20)16-6-2-4-12(8-16)18-7-3-5-15-18/h3,5,7,12-13H,2,4,6,8-10H2,1H3/t12-,13+/m0/s1. The summed E-state index contributed by atoms with van der Waals surface area (Å²) < 4.78 is 1.94. The van der Waals surface area contributed by atoms with E-state index in [4.69, 9.17) is 0 Å². The molecule has 0 aromatic carbocycles. The van der Waals surface area contributed by atoms with Crippen LogP contribution >= 0.6 is 11.8 Å².